The Morgan fingerprint density at radius 1 is 1.50 bits per heavy atom. The van der Waals surface area contributed by atoms with Crippen molar-refractivity contribution in [2.24, 2.45) is 0 Å². The molecule has 0 heterocycles. The number of benzene rings is 1. The fourth-order valence-electron chi connectivity index (χ4n) is 1.14. The Bertz CT molecular complexity index is 418. The average Bonchev–Trinajstić information content (AvgIpc) is 2.24. The second-order valence-electron chi connectivity index (χ2n) is 2.82. The van der Waals surface area contributed by atoms with Crippen LogP contribution in [0.25, 0.3) is 0 Å². The maximum absolute atomic E-state index is 11.5. The van der Waals surface area contributed by atoms with Crippen LogP contribution in [0.3, 0.4) is 0 Å². The van der Waals surface area contributed by atoms with Gasteiger partial charge in [-0.2, -0.15) is 0 Å². The predicted octanol–water partition coefficient (Wildman–Crippen LogP) is 3.10. The molecule has 1 aromatic carbocycles. The van der Waals surface area contributed by atoms with Crippen molar-refractivity contribution in [1.29, 1.82) is 0 Å². The van der Waals surface area contributed by atoms with Crippen molar-refractivity contribution in [3.05, 3.63) is 20.6 Å². The van der Waals surface area contributed by atoms with E-state index in [-0.39, 0.29) is 17.9 Å². The van der Waals surface area contributed by atoms with Crippen LogP contribution < -0.4 is 4.74 Å². The monoisotopic (exact) mass is 352 g/mol. The molecule has 6 heteroatoms. The minimum Gasteiger partial charge on any atom is -0.506 e. The Morgan fingerprint density at radius 2 is 2.12 bits per heavy atom. The van der Waals surface area contributed by atoms with E-state index in [0.29, 0.717) is 14.7 Å². The first-order valence-electron chi connectivity index (χ1n) is 4.45. The Hall–Kier alpha value is -0.750. The van der Waals surface area contributed by atoms with Crippen molar-refractivity contribution >= 4 is 37.8 Å². The second-order valence-corrected chi connectivity index (χ2v) is 4.47. The highest BCUT2D eigenvalue weighted by atomic mass is 79.9. The first kappa shape index (κ1) is 13.3. The molecule has 0 saturated heterocycles. The molecule has 0 aliphatic rings. The molecule has 0 atom stereocenters. The van der Waals surface area contributed by atoms with E-state index >= 15 is 0 Å². The molecule has 0 aromatic heterocycles. The molecular formula is C10H10Br2O4. The van der Waals surface area contributed by atoms with Crippen LogP contribution in [0.2, 0.25) is 0 Å². The zero-order valence-electron chi connectivity index (χ0n) is 8.71. The van der Waals surface area contributed by atoms with E-state index in [1.807, 2.05) is 0 Å². The summed E-state index contributed by atoms with van der Waals surface area (Å²) in [5, 5.41) is 9.78. The number of ether oxygens (including phenoxy) is 2. The number of aromatic hydroxyl groups is 1. The molecule has 1 aromatic rings. The molecule has 1 N–H and O–H groups in total. The number of carbonyl (C=O) groups is 1. The molecule has 0 saturated carbocycles. The highest BCUT2D eigenvalue weighted by Crippen LogP contribution is 2.42. The molecule has 0 aliphatic heterocycles. The number of hydrogen-bond donors (Lipinski definition) is 1. The molecule has 16 heavy (non-hydrogen) atoms. The summed E-state index contributed by atoms with van der Waals surface area (Å²) in [5.74, 6) is -0.354. The number of esters is 1. The first-order chi connectivity index (χ1) is 7.52. The second kappa shape index (κ2) is 5.54. The summed E-state index contributed by atoms with van der Waals surface area (Å²) in [6.45, 7) is 1.95. The summed E-state index contributed by atoms with van der Waals surface area (Å²) >= 11 is 6.39. The normalized spacial score (nSPS) is 10.0. The number of carbonyl (C=O) groups excluding carboxylic acids is 1. The van der Waals surface area contributed by atoms with Crippen LogP contribution in [0, 0.1) is 0 Å². The van der Waals surface area contributed by atoms with Gasteiger partial charge in [0, 0.05) is 0 Å². The summed E-state index contributed by atoms with van der Waals surface area (Å²) in [6.07, 6.45) is 0. The Kier molecular flexibility index (Phi) is 4.61. The van der Waals surface area contributed by atoms with Gasteiger partial charge in [0.2, 0.25) is 0 Å². The summed E-state index contributed by atoms with van der Waals surface area (Å²) in [5.41, 5.74) is 0.0846. The van der Waals surface area contributed by atoms with E-state index in [2.05, 4.69) is 31.9 Å². The molecule has 1 rings (SSSR count). The third kappa shape index (κ3) is 2.49. The lowest BCUT2D eigenvalue weighted by molar-refractivity contribution is 0.0523. The van der Waals surface area contributed by atoms with Gasteiger partial charge >= 0.3 is 5.97 Å². The Labute approximate surface area is 110 Å². The predicted molar refractivity (Wildman–Crippen MR) is 66.0 cm³/mol. The van der Waals surface area contributed by atoms with E-state index in [1.165, 1.54) is 13.2 Å². The molecule has 0 aliphatic carbocycles. The van der Waals surface area contributed by atoms with E-state index in [9.17, 15) is 9.90 Å². The topological polar surface area (TPSA) is 55.8 Å². The minimum atomic E-state index is -0.580. The van der Waals surface area contributed by atoms with Gasteiger partial charge in [-0.25, -0.2) is 4.79 Å². The van der Waals surface area contributed by atoms with Crippen LogP contribution in [-0.4, -0.2) is 24.8 Å². The number of hydrogen-bond acceptors (Lipinski definition) is 4. The molecule has 0 radical (unpaired) electrons. The van der Waals surface area contributed by atoms with E-state index in [0.717, 1.165) is 0 Å². The quantitative estimate of drug-likeness (QED) is 0.848. The van der Waals surface area contributed by atoms with E-state index in [4.69, 9.17) is 9.47 Å². The smallest absolute Gasteiger partial charge is 0.341 e. The highest BCUT2D eigenvalue weighted by molar-refractivity contribution is 9.11. The number of phenols is 1. The van der Waals surface area contributed by atoms with Gasteiger partial charge in [0.1, 0.15) is 15.8 Å². The molecule has 0 fully saturated rings. The minimum absolute atomic E-state index is 0.0846. The lowest BCUT2D eigenvalue weighted by Crippen LogP contribution is -2.05. The van der Waals surface area contributed by atoms with Crippen LogP contribution in [0.15, 0.2) is 15.0 Å². The largest absolute Gasteiger partial charge is 0.506 e. The zero-order valence-corrected chi connectivity index (χ0v) is 11.9. The van der Waals surface area contributed by atoms with Crippen molar-refractivity contribution in [1.82, 2.24) is 0 Å². The van der Waals surface area contributed by atoms with Gasteiger partial charge in [0.25, 0.3) is 0 Å². The van der Waals surface area contributed by atoms with Crippen molar-refractivity contribution in [2.75, 3.05) is 13.7 Å². The van der Waals surface area contributed by atoms with Crippen LogP contribution in [0.5, 0.6) is 11.5 Å². The van der Waals surface area contributed by atoms with Crippen LogP contribution in [-0.2, 0) is 4.74 Å². The number of halogens is 2. The summed E-state index contributed by atoms with van der Waals surface area (Å²) in [4.78, 5) is 11.5. The van der Waals surface area contributed by atoms with Crippen molar-refractivity contribution < 1.29 is 19.4 Å². The molecule has 0 amide bonds. The van der Waals surface area contributed by atoms with E-state index in [1.54, 1.807) is 6.92 Å². The van der Waals surface area contributed by atoms with Gasteiger partial charge in [-0.1, -0.05) is 0 Å². The van der Waals surface area contributed by atoms with Crippen LogP contribution in [0.1, 0.15) is 17.3 Å². The number of methoxy groups -OCH3 is 1. The maximum atomic E-state index is 11.5. The standard InChI is InChI=1S/C10H10Br2O4/c1-3-16-10(14)5-4-6(11)9(15-2)7(12)8(5)13/h4,13H,3H2,1-2H3. The highest BCUT2D eigenvalue weighted by Gasteiger charge is 2.20. The van der Waals surface area contributed by atoms with E-state index < -0.39 is 5.97 Å². The number of phenolic OH excluding ortho intramolecular Hbond substituents is 1. The lowest BCUT2D eigenvalue weighted by atomic mass is 10.2. The van der Waals surface area contributed by atoms with Crippen LogP contribution in [0.4, 0.5) is 0 Å². The average molecular weight is 354 g/mol. The third-order valence-corrected chi connectivity index (χ3v) is 3.17. The lowest BCUT2D eigenvalue weighted by Gasteiger charge is -2.11. The van der Waals surface area contributed by atoms with Gasteiger partial charge in [0.05, 0.1) is 18.2 Å². The molecule has 0 unspecified atom stereocenters. The van der Waals surface area contributed by atoms with Crippen molar-refractivity contribution in [2.45, 2.75) is 6.92 Å². The van der Waals surface area contributed by atoms with Crippen molar-refractivity contribution in [3.63, 3.8) is 0 Å². The zero-order chi connectivity index (χ0) is 12.3. The van der Waals surface area contributed by atoms with Gasteiger partial charge in [-0.3, -0.25) is 0 Å². The summed E-state index contributed by atoms with van der Waals surface area (Å²) in [7, 11) is 1.47. The molecule has 0 spiro atoms. The summed E-state index contributed by atoms with van der Waals surface area (Å²) < 4.78 is 10.7. The van der Waals surface area contributed by atoms with Gasteiger partial charge in [-0.15, -0.1) is 0 Å². The maximum Gasteiger partial charge on any atom is 0.341 e. The third-order valence-electron chi connectivity index (χ3n) is 1.85. The SMILES string of the molecule is CCOC(=O)c1cc(Br)c(OC)c(Br)c1O. The fourth-order valence-corrected chi connectivity index (χ4v) is 2.59. The Morgan fingerprint density at radius 3 is 2.62 bits per heavy atom. The fraction of sp³-hybridized carbons (Fsp3) is 0.300. The Balaban J connectivity index is 3.28. The van der Waals surface area contributed by atoms with Crippen LogP contribution >= 0.6 is 31.9 Å². The van der Waals surface area contributed by atoms with Crippen molar-refractivity contribution in [3.8, 4) is 11.5 Å². The van der Waals surface area contributed by atoms with Gasteiger partial charge in [0.15, 0.2) is 5.75 Å². The molecular weight excluding hydrogens is 344 g/mol. The molecule has 4 nitrogen and oxygen atoms in total. The van der Waals surface area contributed by atoms with Gasteiger partial charge in [-0.05, 0) is 44.8 Å². The first-order valence-corrected chi connectivity index (χ1v) is 6.03. The number of rotatable bonds is 3. The summed E-state index contributed by atoms with van der Waals surface area (Å²) in [6, 6.07) is 1.46. The molecule has 0 bridgehead atoms. The van der Waals surface area contributed by atoms with Gasteiger partial charge < -0.3 is 14.6 Å². The molecule has 88 valence electrons.